The standard InChI is InChI=1S/C10H9N3O4/c1-7-11-10(12-17-7)6-16-9-4-2-3-8(5-9)13(14)15/h2-5H,6H2,1H3. The molecule has 2 aromatic rings. The summed E-state index contributed by atoms with van der Waals surface area (Å²) in [5.74, 6) is 1.23. The Balaban J connectivity index is 2.04. The van der Waals surface area contributed by atoms with Gasteiger partial charge in [0.25, 0.3) is 5.69 Å². The SMILES string of the molecule is Cc1nc(COc2cccc([N+](=O)[O-])c2)no1. The second-order valence-electron chi connectivity index (χ2n) is 3.27. The Labute approximate surface area is 96.2 Å². The van der Waals surface area contributed by atoms with Crippen molar-refractivity contribution in [2.24, 2.45) is 0 Å². The Morgan fingerprint density at radius 1 is 1.53 bits per heavy atom. The lowest BCUT2D eigenvalue weighted by molar-refractivity contribution is -0.384. The van der Waals surface area contributed by atoms with Crippen molar-refractivity contribution >= 4 is 5.69 Å². The summed E-state index contributed by atoms with van der Waals surface area (Å²) >= 11 is 0. The zero-order valence-corrected chi connectivity index (χ0v) is 8.99. The summed E-state index contributed by atoms with van der Waals surface area (Å²) in [4.78, 5) is 14.0. The van der Waals surface area contributed by atoms with Gasteiger partial charge < -0.3 is 9.26 Å². The molecule has 2 rings (SSSR count). The molecule has 0 aliphatic heterocycles. The molecule has 88 valence electrons. The molecule has 0 radical (unpaired) electrons. The van der Waals surface area contributed by atoms with Crippen LogP contribution in [0.15, 0.2) is 28.8 Å². The van der Waals surface area contributed by atoms with Crippen LogP contribution in [0.4, 0.5) is 5.69 Å². The number of hydrogen-bond donors (Lipinski definition) is 0. The van der Waals surface area contributed by atoms with Gasteiger partial charge in [-0.2, -0.15) is 4.98 Å². The number of aryl methyl sites for hydroxylation is 1. The number of rotatable bonds is 4. The molecule has 1 aromatic carbocycles. The van der Waals surface area contributed by atoms with Crippen LogP contribution in [0.1, 0.15) is 11.7 Å². The lowest BCUT2D eigenvalue weighted by Crippen LogP contribution is -1.98. The minimum Gasteiger partial charge on any atom is -0.485 e. The highest BCUT2D eigenvalue weighted by atomic mass is 16.6. The van der Waals surface area contributed by atoms with E-state index >= 15 is 0 Å². The van der Waals surface area contributed by atoms with Crippen LogP contribution in [-0.2, 0) is 6.61 Å². The Morgan fingerprint density at radius 3 is 3.00 bits per heavy atom. The van der Waals surface area contributed by atoms with Crippen LogP contribution >= 0.6 is 0 Å². The second-order valence-corrected chi connectivity index (χ2v) is 3.27. The van der Waals surface area contributed by atoms with Crippen molar-refractivity contribution in [1.29, 1.82) is 0 Å². The van der Waals surface area contributed by atoms with E-state index in [9.17, 15) is 10.1 Å². The van der Waals surface area contributed by atoms with Crippen molar-refractivity contribution in [1.82, 2.24) is 10.1 Å². The molecule has 0 fully saturated rings. The minimum absolute atomic E-state index is 0.0215. The first-order valence-electron chi connectivity index (χ1n) is 4.81. The molecule has 0 N–H and O–H groups in total. The lowest BCUT2D eigenvalue weighted by atomic mass is 10.3. The van der Waals surface area contributed by atoms with E-state index < -0.39 is 4.92 Å². The van der Waals surface area contributed by atoms with Crippen molar-refractivity contribution in [3.8, 4) is 5.75 Å². The van der Waals surface area contributed by atoms with Crippen LogP contribution in [0.2, 0.25) is 0 Å². The van der Waals surface area contributed by atoms with E-state index in [1.807, 2.05) is 0 Å². The van der Waals surface area contributed by atoms with Gasteiger partial charge in [-0.1, -0.05) is 11.2 Å². The number of non-ortho nitro benzene ring substituents is 1. The van der Waals surface area contributed by atoms with Crippen LogP contribution in [0, 0.1) is 17.0 Å². The van der Waals surface area contributed by atoms with Gasteiger partial charge in [-0.05, 0) is 6.07 Å². The number of ether oxygens (including phenoxy) is 1. The third kappa shape index (κ3) is 2.77. The minimum atomic E-state index is -0.481. The Bertz CT molecular complexity index is 538. The van der Waals surface area contributed by atoms with E-state index in [1.165, 1.54) is 12.1 Å². The average Bonchev–Trinajstić information content (AvgIpc) is 2.73. The van der Waals surface area contributed by atoms with Gasteiger partial charge in [-0.3, -0.25) is 10.1 Å². The molecule has 0 atom stereocenters. The summed E-state index contributed by atoms with van der Waals surface area (Å²) in [5.41, 5.74) is -0.0215. The van der Waals surface area contributed by atoms with Crippen LogP contribution in [0.5, 0.6) is 5.75 Å². The van der Waals surface area contributed by atoms with E-state index in [1.54, 1.807) is 19.1 Å². The smallest absolute Gasteiger partial charge is 0.273 e. The van der Waals surface area contributed by atoms with Crippen LogP contribution in [-0.4, -0.2) is 15.1 Å². The van der Waals surface area contributed by atoms with E-state index in [0.29, 0.717) is 17.5 Å². The predicted octanol–water partition coefficient (Wildman–Crippen LogP) is 1.87. The molecule has 0 aliphatic rings. The first-order chi connectivity index (χ1) is 8.15. The van der Waals surface area contributed by atoms with Crippen molar-refractivity contribution in [2.45, 2.75) is 13.5 Å². The average molecular weight is 235 g/mol. The van der Waals surface area contributed by atoms with Gasteiger partial charge >= 0.3 is 0 Å². The van der Waals surface area contributed by atoms with Crippen LogP contribution in [0.25, 0.3) is 0 Å². The molecule has 0 saturated heterocycles. The molecule has 0 unspecified atom stereocenters. The van der Waals surface area contributed by atoms with Crippen LogP contribution in [0.3, 0.4) is 0 Å². The topological polar surface area (TPSA) is 91.3 Å². The normalized spacial score (nSPS) is 10.2. The van der Waals surface area contributed by atoms with Gasteiger partial charge in [0.1, 0.15) is 5.75 Å². The molecular formula is C10H9N3O4. The number of nitro benzene ring substituents is 1. The summed E-state index contributed by atoms with van der Waals surface area (Å²) in [7, 11) is 0. The first kappa shape index (κ1) is 11.1. The van der Waals surface area contributed by atoms with Gasteiger partial charge in [0, 0.05) is 13.0 Å². The summed E-state index contributed by atoms with van der Waals surface area (Å²) in [6, 6.07) is 5.91. The number of aromatic nitrogens is 2. The molecule has 0 amide bonds. The van der Waals surface area contributed by atoms with Crippen molar-refractivity contribution in [2.75, 3.05) is 0 Å². The van der Waals surface area contributed by atoms with Gasteiger partial charge in [0.2, 0.25) is 11.7 Å². The zero-order valence-electron chi connectivity index (χ0n) is 8.99. The molecule has 0 aliphatic carbocycles. The Hall–Kier alpha value is -2.44. The number of nitrogens with zero attached hydrogens (tertiary/aromatic N) is 3. The van der Waals surface area contributed by atoms with Gasteiger partial charge in [-0.25, -0.2) is 0 Å². The first-order valence-corrected chi connectivity index (χ1v) is 4.81. The fourth-order valence-electron chi connectivity index (χ4n) is 1.23. The third-order valence-corrected chi connectivity index (χ3v) is 1.97. The van der Waals surface area contributed by atoms with Crippen molar-refractivity contribution in [3.05, 3.63) is 46.1 Å². The molecular weight excluding hydrogens is 226 g/mol. The molecule has 0 saturated carbocycles. The van der Waals surface area contributed by atoms with Gasteiger partial charge in [-0.15, -0.1) is 0 Å². The van der Waals surface area contributed by atoms with Crippen molar-refractivity contribution in [3.63, 3.8) is 0 Å². The fraction of sp³-hybridized carbons (Fsp3) is 0.200. The van der Waals surface area contributed by atoms with E-state index in [4.69, 9.17) is 9.26 Å². The van der Waals surface area contributed by atoms with E-state index in [2.05, 4.69) is 10.1 Å². The van der Waals surface area contributed by atoms with E-state index in [0.717, 1.165) is 0 Å². The molecule has 7 nitrogen and oxygen atoms in total. The fourth-order valence-corrected chi connectivity index (χ4v) is 1.23. The maximum absolute atomic E-state index is 10.5. The second kappa shape index (κ2) is 4.60. The molecule has 0 bridgehead atoms. The summed E-state index contributed by atoms with van der Waals surface area (Å²) in [5, 5.41) is 14.2. The Morgan fingerprint density at radius 2 is 2.35 bits per heavy atom. The van der Waals surface area contributed by atoms with Crippen LogP contribution < -0.4 is 4.74 Å². The summed E-state index contributed by atoms with van der Waals surface area (Å²) in [6.45, 7) is 1.78. The predicted molar refractivity (Wildman–Crippen MR) is 56.5 cm³/mol. The highest BCUT2D eigenvalue weighted by Gasteiger charge is 2.08. The zero-order chi connectivity index (χ0) is 12.3. The quantitative estimate of drug-likeness (QED) is 0.593. The summed E-state index contributed by atoms with van der Waals surface area (Å²) in [6.07, 6.45) is 0. The molecule has 0 spiro atoms. The largest absolute Gasteiger partial charge is 0.485 e. The maximum atomic E-state index is 10.5. The highest BCUT2D eigenvalue weighted by molar-refractivity contribution is 5.37. The monoisotopic (exact) mass is 235 g/mol. The Kier molecular flexibility index (Phi) is 2.99. The molecule has 1 aromatic heterocycles. The highest BCUT2D eigenvalue weighted by Crippen LogP contribution is 2.19. The number of benzene rings is 1. The number of nitro groups is 1. The van der Waals surface area contributed by atoms with Gasteiger partial charge in [0.05, 0.1) is 11.0 Å². The molecule has 17 heavy (non-hydrogen) atoms. The lowest BCUT2D eigenvalue weighted by Gasteiger charge is -2.02. The number of hydrogen-bond acceptors (Lipinski definition) is 6. The molecule has 1 heterocycles. The van der Waals surface area contributed by atoms with Crippen molar-refractivity contribution < 1.29 is 14.2 Å². The summed E-state index contributed by atoms with van der Waals surface area (Å²) < 4.78 is 10.1. The molecule has 7 heteroatoms. The third-order valence-electron chi connectivity index (χ3n) is 1.97. The van der Waals surface area contributed by atoms with Gasteiger partial charge in [0.15, 0.2) is 6.61 Å². The maximum Gasteiger partial charge on any atom is 0.273 e. The van der Waals surface area contributed by atoms with E-state index in [-0.39, 0.29) is 12.3 Å².